The van der Waals surface area contributed by atoms with E-state index in [9.17, 15) is 9.90 Å². The van der Waals surface area contributed by atoms with Crippen LogP contribution in [0.3, 0.4) is 0 Å². The number of aromatic nitrogens is 1. The SMILES string of the molecule is COC(=O)n1c(O)c(SC)c2ccccc21. The summed E-state index contributed by atoms with van der Waals surface area (Å²) in [6.07, 6.45) is 1.26. The highest BCUT2D eigenvalue weighted by Crippen LogP contribution is 2.37. The van der Waals surface area contributed by atoms with Crippen molar-refractivity contribution in [3.63, 3.8) is 0 Å². The van der Waals surface area contributed by atoms with Gasteiger partial charge < -0.3 is 9.84 Å². The van der Waals surface area contributed by atoms with Gasteiger partial charge in [0.1, 0.15) is 0 Å². The molecule has 4 nitrogen and oxygen atoms in total. The van der Waals surface area contributed by atoms with E-state index in [2.05, 4.69) is 4.74 Å². The largest absolute Gasteiger partial charge is 0.493 e. The molecule has 0 atom stereocenters. The molecule has 0 spiro atoms. The van der Waals surface area contributed by atoms with Gasteiger partial charge in [-0.15, -0.1) is 11.8 Å². The number of para-hydroxylation sites is 1. The first-order chi connectivity index (χ1) is 7.70. The summed E-state index contributed by atoms with van der Waals surface area (Å²) in [7, 11) is 1.29. The molecule has 1 N–H and O–H groups in total. The third kappa shape index (κ3) is 1.44. The van der Waals surface area contributed by atoms with Crippen molar-refractivity contribution in [2.24, 2.45) is 0 Å². The molecule has 2 rings (SSSR count). The topological polar surface area (TPSA) is 51.5 Å². The van der Waals surface area contributed by atoms with Gasteiger partial charge in [0.05, 0.1) is 17.5 Å². The van der Waals surface area contributed by atoms with Gasteiger partial charge >= 0.3 is 6.09 Å². The van der Waals surface area contributed by atoms with Crippen molar-refractivity contribution in [1.82, 2.24) is 4.57 Å². The summed E-state index contributed by atoms with van der Waals surface area (Å²) in [5.74, 6) is -0.0689. The van der Waals surface area contributed by atoms with Crippen LogP contribution in [0.2, 0.25) is 0 Å². The predicted octanol–water partition coefficient (Wildman–Crippen LogP) is 2.68. The fourth-order valence-corrected chi connectivity index (χ4v) is 2.34. The Morgan fingerprint density at radius 1 is 1.44 bits per heavy atom. The van der Waals surface area contributed by atoms with E-state index >= 15 is 0 Å². The summed E-state index contributed by atoms with van der Waals surface area (Å²) in [5.41, 5.74) is 0.649. The normalized spacial score (nSPS) is 10.6. The van der Waals surface area contributed by atoms with Gasteiger partial charge in [-0.05, 0) is 12.3 Å². The maximum Gasteiger partial charge on any atom is 0.421 e. The molecule has 0 aliphatic carbocycles. The quantitative estimate of drug-likeness (QED) is 0.775. The van der Waals surface area contributed by atoms with Crippen molar-refractivity contribution < 1.29 is 14.6 Å². The molecule has 2 aromatic rings. The molecule has 0 saturated heterocycles. The lowest BCUT2D eigenvalue weighted by Gasteiger charge is -2.02. The molecule has 1 aromatic heterocycles. The molecule has 5 heteroatoms. The number of methoxy groups -OCH3 is 1. The predicted molar refractivity (Wildman–Crippen MR) is 63.2 cm³/mol. The lowest BCUT2D eigenvalue weighted by atomic mass is 10.2. The Morgan fingerprint density at radius 2 is 2.12 bits per heavy atom. The minimum Gasteiger partial charge on any atom is -0.493 e. The smallest absolute Gasteiger partial charge is 0.421 e. The molecule has 1 aromatic carbocycles. The Hall–Kier alpha value is -1.62. The molecule has 0 radical (unpaired) electrons. The first-order valence-corrected chi connectivity index (χ1v) is 5.88. The second-order valence-corrected chi connectivity index (χ2v) is 4.00. The van der Waals surface area contributed by atoms with Crippen molar-refractivity contribution in [2.45, 2.75) is 4.90 Å². The Kier molecular flexibility index (Phi) is 2.78. The van der Waals surface area contributed by atoms with Crippen LogP contribution in [-0.4, -0.2) is 29.1 Å². The van der Waals surface area contributed by atoms with E-state index in [0.29, 0.717) is 10.4 Å². The van der Waals surface area contributed by atoms with Crippen LogP contribution in [0.15, 0.2) is 29.2 Å². The number of benzene rings is 1. The molecule has 0 aliphatic heterocycles. The molecule has 16 heavy (non-hydrogen) atoms. The lowest BCUT2D eigenvalue weighted by Crippen LogP contribution is -2.10. The minimum absolute atomic E-state index is 0.0689. The van der Waals surface area contributed by atoms with Gasteiger partial charge in [-0.1, -0.05) is 18.2 Å². The Bertz CT molecular complexity index is 547. The number of hydrogen-bond acceptors (Lipinski definition) is 4. The third-order valence-corrected chi connectivity index (χ3v) is 3.18. The zero-order chi connectivity index (χ0) is 11.7. The molecule has 0 fully saturated rings. The lowest BCUT2D eigenvalue weighted by molar-refractivity contribution is 0.171. The number of thioether (sulfide) groups is 1. The zero-order valence-corrected chi connectivity index (χ0v) is 9.75. The monoisotopic (exact) mass is 237 g/mol. The van der Waals surface area contributed by atoms with Crippen molar-refractivity contribution >= 4 is 28.8 Å². The van der Waals surface area contributed by atoms with Crippen LogP contribution in [0.5, 0.6) is 5.88 Å². The van der Waals surface area contributed by atoms with Crippen molar-refractivity contribution in [3.05, 3.63) is 24.3 Å². The summed E-state index contributed by atoms with van der Waals surface area (Å²) in [4.78, 5) is 12.2. The maximum absolute atomic E-state index is 11.5. The summed E-state index contributed by atoms with van der Waals surface area (Å²) < 4.78 is 5.81. The third-order valence-electron chi connectivity index (χ3n) is 2.37. The van der Waals surface area contributed by atoms with E-state index in [1.54, 1.807) is 6.07 Å². The highest BCUT2D eigenvalue weighted by Gasteiger charge is 2.20. The fourth-order valence-electron chi connectivity index (χ4n) is 1.67. The van der Waals surface area contributed by atoms with Crippen LogP contribution in [0, 0.1) is 0 Å². The minimum atomic E-state index is -0.589. The Labute approximate surface area is 96.8 Å². The van der Waals surface area contributed by atoms with Gasteiger partial charge in [-0.3, -0.25) is 0 Å². The van der Waals surface area contributed by atoms with Gasteiger partial charge in [0, 0.05) is 5.39 Å². The summed E-state index contributed by atoms with van der Waals surface area (Å²) in [6.45, 7) is 0. The Morgan fingerprint density at radius 3 is 2.75 bits per heavy atom. The van der Waals surface area contributed by atoms with E-state index in [4.69, 9.17) is 0 Å². The molecule has 0 unspecified atom stereocenters. The highest BCUT2D eigenvalue weighted by atomic mass is 32.2. The van der Waals surface area contributed by atoms with Gasteiger partial charge in [0.25, 0.3) is 0 Å². The maximum atomic E-state index is 11.5. The number of carbonyl (C=O) groups is 1. The molecule has 84 valence electrons. The molecular weight excluding hydrogens is 226 g/mol. The molecule has 1 heterocycles. The molecule has 0 amide bonds. The van der Waals surface area contributed by atoms with E-state index in [1.165, 1.54) is 23.4 Å². The second kappa shape index (κ2) is 4.09. The molecule has 0 bridgehead atoms. The van der Waals surface area contributed by atoms with Gasteiger partial charge in [0.15, 0.2) is 0 Å². The van der Waals surface area contributed by atoms with Crippen LogP contribution >= 0.6 is 11.8 Å². The molecule has 0 saturated carbocycles. The Balaban J connectivity index is 2.82. The zero-order valence-electron chi connectivity index (χ0n) is 8.93. The number of ether oxygens (including phenoxy) is 1. The highest BCUT2D eigenvalue weighted by molar-refractivity contribution is 7.99. The number of aromatic hydroxyl groups is 1. The van der Waals surface area contributed by atoms with Crippen LogP contribution in [-0.2, 0) is 4.74 Å². The van der Waals surface area contributed by atoms with E-state index in [1.807, 2.05) is 24.5 Å². The van der Waals surface area contributed by atoms with Crippen LogP contribution in [0.4, 0.5) is 4.79 Å². The van der Waals surface area contributed by atoms with Crippen molar-refractivity contribution in [1.29, 1.82) is 0 Å². The average molecular weight is 237 g/mol. The number of nitrogens with zero attached hydrogens (tertiary/aromatic N) is 1. The van der Waals surface area contributed by atoms with E-state index in [-0.39, 0.29) is 5.88 Å². The van der Waals surface area contributed by atoms with E-state index in [0.717, 1.165) is 5.39 Å². The second-order valence-electron chi connectivity index (χ2n) is 3.18. The van der Waals surface area contributed by atoms with E-state index < -0.39 is 6.09 Å². The first kappa shape index (κ1) is 10.9. The summed E-state index contributed by atoms with van der Waals surface area (Å²) >= 11 is 1.40. The fraction of sp³-hybridized carbons (Fsp3) is 0.182. The standard InChI is InChI=1S/C11H11NO3S/c1-15-11(14)12-8-6-4-3-5-7(8)9(16-2)10(12)13/h3-6,13H,1-2H3. The van der Waals surface area contributed by atoms with Crippen LogP contribution in [0.25, 0.3) is 10.9 Å². The molecule has 0 aliphatic rings. The summed E-state index contributed by atoms with van der Waals surface area (Å²) in [5, 5.41) is 10.8. The number of hydrogen-bond donors (Lipinski definition) is 1. The number of carbonyl (C=O) groups excluding carboxylic acids is 1. The van der Waals surface area contributed by atoms with Gasteiger partial charge in [-0.2, -0.15) is 0 Å². The van der Waals surface area contributed by atoms with Crippen molar-refractivity contribution in [2.75, 3.05) is 13.4 Å². The number of fused-ring (bicyclic) bond motifs is 1. The van der Waals surface area contributed by atoms with Crippen molar-refractivity contribution in [3.8, 4) is 5.88 Å². The first-order valence-electron chi connectivity index (χ1n) is 4.65. The summed E-state index contributed by atoms with van der Waals surface area (Å²) in [6, 6.07) is 7.31. The van der Waals surface area contributed by atoms with Crippen LogP contribution < -0.4 is 0 Å². The van der Waals surface area contributed by atoms with Crippen LogP contribution in [0.1, 0.15) is 0 Å². The molecular formula is C11H11NO3S. The van der Waals surface area contributed by atoms with Gasteiger partial charge in [0.2, 0.25) is 5.88 Å². The number of rotatable bonds is 1. The van der Waals surface area contributed by atoms with Gasteiger partial charge in [-0.25, -0.2) is 9.36 Å². The average Bonchev–Trinajstić information content (AvgIpc) is 2.60.